The maximum atomic E-state index is 11.9. The molecule has 1 atom stereocenters. The van der Waals surface area contributed by atoms with E-state index in [2.05, 4.69) is 10.5 Å². The smallest absolute Gasteiger partial charge is 0.251 e. The summed E-state index contributed by atoms with van der Waals surface area (Å²) in [6.07, 6.45) is 0. The number of nitrogens with two attached hydrogens (primary N) is 1. The first kappa shape index (κ1) is 14.0. The summed E-state index contributed by atoms with van der Waals surface area (Å²) < 4.78 is 4.93. The normalized spacial score (nSPS) is 13.1. The molecule has 1 aromatic rings. The Balaban J connectivity index is 2.80. The molecule has 1 aromatic carbocycles. The largest absolute Gasteiger partial charge is 0.409 e. The maximum Gasteiger partial charge on any atom is 0.251 e. The Hall–Kier alpha value is -2.08. The quantitative estimate of drug-likeness (QED) is 0.308. The number of ether oxygens (including phenoxy) is 1. The summed E-state index contributed by atoms with van der Waals surface area (Å²) >= 11 is 0. The van der Waals surface area contributed by atoms with E-state index in [0.29, 0.717) is 17.7 Å². The highest BCUT2D eigenvalue weighted by atomic mass is 16.5. The number of hydrogen-bond acceptors (Lipinski definition) is 4. The number of rotatable bonds is 5. The van der Waals surface area contributed by atoms with Crippen LogP contribution in [0.3, 0.4) is 0 Å². The number of oxime groups is 1. The van der Waals surface area contributed by atoms with Crippen molar-refractivity contribution in [2.75, 3.05) is 13.7 Å². The highest BCUT2D eigenvalue weighted by Crippen LogP contribution is 2.05. The fraction of sp³-hybridized carbons (Fsp3) is 0.333. The van der Waals surface area contributed by atoms with Crippen molar-refractivity contribution in [3.8, 4) is 0 Å². The second kappa shape index (κ2) is 6.61. The van der Waals surface area contributed by atoms with Crippen LogP contribution < -0.4 is 11.1 Å². The number of nitrogens with zero attached hydrogens (tertiary/aromatic N) is 1. The molecule has 0 bridgehead atoms. The predicted octanol–water partition coefficient (Wildman–Crippen LogP) is 0.546. The molecular weight excluding hydrogens is 234 g/mol. The summed E-state index contributed by atoms with van der Waals surface area (Å²) in [4.78, 5) is 11.9. The number of hydrogen-bond donors (Lipinski definition) is 3. The predicted molar refractivity (Wildman–Crippen MR) is 67.8 cm³/mol. The van der Waals surface area contributed by atoms with Crippen LogP contribution in [0.15, 0.2) is 29.4 Å². The number of amidine groups is 1. The summed E-state index contributed by atoms with van der Waals surface area (Å²) in [6.45, 7) is 2.28. The van der Waals surface area contributed by atoms with Crippen molar-refractivity contribution in [2.24, 2.45) is 10.9 Å². The van der Waals surface area contributed by atoms with Crippen molar-refractivity contribution in [1.82, 2.24) is 5.32 Å². The van der Waals surface area contributed by atoms with Gasteiger partial charge in [-0.25, -0.2) is 0 Å². The summed E-state index contributed by atoms with van der Waals surface area (Å²) in [5.74, 6) is -0.262. The molecule has 0 saturated carbocycles. The van der Waals surface area contributed by atoms with E-state index in [1.165, 1.54) is 0 Å². The van der Waals surface area contributed by atoms with Crippen molar-refractivity contribution in [2.45, 2.75) is 13.0 Å². The topological polar surface area (TPSA) is 96.9 Å². The van der Waals surface area contributed by atoms with Crippen LogP contribution in [0.4, 0.5) is 0 Å². The van der Waals surface area contributed by atoms with Crippen molar-refractivity contribution in [1.29, 1.82) is 0 Å². The van der Waals surface area contributed by atoms with Gasteiger partial charge in [0.2, 0.25) is 0 Å². The Morgan fingerprint density at radius 2 is 2.22 bits per heavy atom. The average molecular weight is 251 g/mol. The van der Waals surface area contributed by atoms with E-state index in [1.807, 2.05) is 6.92 Å². The van der Waals surface area contributed by atoms with Gasteiger partial charge in [0.1, 0.15) is 0 Å². The first-order valence-electron chi connectivity index (χ1n) is 5.46. The third-order valence-electron chi connectivity index (χ3n) is 2.32. The number of amides is 1. The lowest BCUT2D eigenvalue weighted by Crippen LogP contribution is -2.35. The minimum atomic E-state index is -0.230. The molecule has 0 heterocycles. The zero-order chi connectivity index (χ0) is 13.5. The maximum absolute atomic E-state index is 11.9. The average Bonchev–Trinajstić information content (AvgIpc) is 2.38. The molecule has 0 radical (unpaired) electrons. The fourth-order valence-corrected chi connectivity index (χ4v) is 1.48. The third kappa shape index (κ3) is 3.74. The number of carbonyl (C=O) groups is 1. The standard InChI is InChI=1S/C12H17N3O3/c1-8(7-18-2)14-12(16)10-5-3-4-9(6-10)11(13)15-17/h3-6,8,17H,7H2,1-2H3,(H2,13,15)(H,14,16). The number of methoxy groups -OCH3 is 1. The first-order valence-corrected chi connectivity index (χ1v) is 5.46. The van der Waals surface area contributed by atoms with Crippen LogP contribution in [0.1, 0.15) is 22.8 Å². The van der Waals surface area contributed by atoms with Crippen LogP contribution in [0.2, 0.25) is 0 Å². The van der Waals surface area contributed by atoms with Crippen molar-refractivity contribution in [3.05, 3.63) is 35.4 Å². The Bertz CT molecular complexity index is 446. The molecule has 98 valence electrons. The van der Waals surface area contributed by atoms with Gasteiger partial charge in [-0.3, -0.25) is 4.79 Å². The molecule has 0 fully saturated rings. The number of carbonyl (C=O) groups excluding carboxylic acids is 1. The van der Waals surface area contributed by atoms with Crippen LogP contribution in [0.5, 0.6) is 0 Å². The van der Waals surface area contributed by atoms with Gasteiger partial charge in [0.25, 0.3) is 5.91 Å². The molecule has 1 amide bonds. The van der Waals surface area contributed by atoms with E-state index in [0.717, 1.165) is 0 Å². The fourth-order valence-electron chi connectivity index (χ4n) is 1.48. The van der Waals surface area contributed by atoms with Crippen molar-refractivity contribution < 1.29 is 14.7 Å². The second-order valence-corrected chi connectivity index (χ2v) is 3.90. The van der Waals surface area contributed by atoms with Gasteiger partial charge in [-0.1, -0.05) is 17.3 Å². The SMILES string of the molecule is COCC(C)NC(=O)c1cccc(/C(N)=N/O)c1. The molecule has 1 unspecified atom stereocenters. The van der Waals surface area contributed by atoms with Crippen molar-refractivity contribution >= 4 is 11.7 Å². The molecule has 0 aliphatic carbocycles. The Labute approximate surface area is 105 Å². The molecular formula is C12H17N3O3. The molecule has 0 spiro atoms. The third-order valence-corrected chi connectivity index (χ3v) is 2.32. The minimum absolute atomic E-state index is 0.0328. The zero-order valence-corrected chi connectivity index (χ0v) is 10.4. The number of nitrogens with one attached hydrogen (secondary N) is 1. The molecule has 0 saturated heterocycles. The van der Waals surface area contributed by atoms with Gasteiger partial charge >= 0.3 is 0 Å². The van der Waals surface area contributed by atoms with Gasteiger partial charge in [0.15, 0.2) is 5.84 Å². The van der Waals surface area contributed by atoms with E-state index >= 15 is 0 Å². The molecule has 0 aliphatic rings. The highest BCUT2D eigenvalue weighted by molar-refractivity contribution is 6.01. The van der Waals surface area contributed by atoms with Crippen LogP contribution in [0.25, 0.3) is 0 Å². The van der Waals surface area contributed by atoms with Gasteiger partial charge < -0.3 is 21.0 Å². The van der Waals surface area contributed by atoms with E-state index in [4.69, 9.17) is 15.7 Å². The summed E-state index contributed by atoms with van der Waals surface area (Å²) in [6, 6.07) is 6.45. The van der Waals surface area contributed by atoms with E-state index in [-0.39, 0.29) is 17.8 Å². The Morgan fingerprint density at radius 3 is 2.83 bits per heavy atom. The summed E-state index contributed by atoms with van der Waals surface area (Å²) in [5, 5.41) is 14.2. The van der Waals surface area contributed by atoms with Gasteiger partial charge in [0.05, 0.1) is 6.61 Å². The lowest BCUT2D eigenvalue weighted by Gasteiger charge is -2.13. The molecule has 1 rings (SSSR count). The Kier molecular flexibility index (Phi) is 5.13. The van der Waals surface area contributed by atoms with Crippen LogP contribution in [0, 0.1) is 0 Å². The van der Waals surface area contributed by atoms with E-state index in [9.17, 15) is 4.79 Å². The second-order valence-electron chi connectivity index (χ2n) is 3.90. The number of benzene rings is 1. The minimum Gasteiger partial charge on any atom is -0.409 e. The Morgan fingerprint density at radius 1 is 1.56 bits per heavy atom. The zero-order valence-electron chi connectivity index (χ0n) is 10.4. The van der Waals surface area contributed by atoms with Crippen LogP contribution >= 0.6 is 0 Å². The van der Waals surface area contributed by atoms with E-state index in [1.54, 1.807) is 31.4 Å². The van der Waals surface area contributed by atoms with Crippen LogP contribution in [-0.4, -0.2) is 36.7 Å². The van der Waals surface area contributed by atoms with E-state index < -0.39 is 0 Å². The molecule has 0 aromatic heterocycles. The molecule has 6 nitrogen and oxygen atoms in total. The molecule has 4 N–H and O–H groups in total. The summed E-state index contributed by atoms with van der Waals surface area (Å²) in [7, 11) is 1.57. The van der Waals surface area contributed by atoms with Gasteiger partial charge in [-0.05, 0) is 19.1 Å². The van der Waals surface area contributed by atoms with Gasteiger partial charge in [-0.2, -0.15) is 0 Å². The van der Waals surface area contributed by atoms with Gasteiger partial charge in [-0.15, -0.1) is 0 Å². The van der Waals surface area contributed by atoms with Gasteiger partial charge in [0, 0.05) is 24.3 Å². The molecule has 6 heteroatoms. The lowest BCUT2D eigenvalue weighted by molar-refractivity contribution is 0.0905. The monoisotopic (exact) mass is 251 g/mol. The lowest BCUT2D eigenvalue weighted by atomic mass is 10.1. The highest BCUT2D eigenvalue weighted by Gasteiger charge is 2.10. The van der Waals surface area contributed by atoms with Crippen molar-refractivity contribution in [3.63, 3.8) is 0 Å². The summed E-state index contributed by atoms with van der Waals surface area (Å²) in [5.41, 5.74) is 6.40. The molecule has 18 heavy (non-hydrogen) atoms. The van der Waals surface area contributed by atoms with Crippen LogP contribution in [-0.2, 0) is 4.74 Å². The first-order chi connectivity index (χ1) is 8.58. The molecule has 0 aliphatic heterocycles.